The van der Waals surface area contributed by atoms with Crippen LogP contribution in [-0.2, 0) is 4.43 Å². The summed E-state index contributed by atoms with van der Waals surface area (Å²) in [5.41, 5.74) is 0. The summed E-state index contributed by atoms with van der Waals surface area (Å²) in [5, 5.41) is 1.78. The van der Waals surface area contributed by atoms with Gasteiger partial charge >= 0.3 is 8.56 Å². The molecule has 1 N–H and O–H groups in total. The molecule has 2 rings (SSSR count). The van der Waals surface area contributed by atoms with E-state index in [2.05, 4.69) is 13.8 Å². The highest BCUT2D eigenvalue weighted by atomic mass is 28.4. The van der Waals surface area contributed by atoms with Gasteiger partial charge in [-0.05, 0) is 16.3 Å². The van der Waals surface area contributed by atoms with Crippen molar-refractivity contribution in [3.8, 4) is 0 Å². The third-order valence-electron chi connectivity index (χ3n) is 2.96. The van der Waals surface area contributed by atoms with Gasteiger partial charge in [-0.1, -0.05) is 74.5 Å². The minimum atomic E-state index is -3.06. The lowest BCUT2D eigenvalue weighted by atomic mass is 10.2. The molecule has 0 heterocycles. The third-order valence-corrected chi connectivity index (χ3v) is 5.77. The molecule has 19 heavy (non-hydrogen) atoms. The molecule has 0 saturated heterocycles. The molecule has 0 aliphatic heterocycles. The number of benzene rings is 2. The average molecular weight is 272 g/mol. The van der Waals surface area contributed by atoms with Crippen molar-refractivity contribution in [2.75, 3.05) is 6.61 Å². The highest BCUT2D eigenvalue weighted by Gasteiger charge is 2.38. The van der Waals surface area contributed by atoms with Gasteiger partial charge in [0.15, 0.2) is 0 Å². The van der Waals surface area contributed by atoms with E-state index in [1.165, 1.54) is 0 Å². The van der Waals surface area contributed by atoms with Gasteiger partial charge in [-0.3, -0.25) is 0 Å². The van der Waals surface area contributed by atoms with E-state index in [1.807, 2.05) is 60.7 Å². The molecule has 0 atom stereocenters. The Morgan fingerprint density at radius 3 is 1.68 bits per heavy atom. The second-order valence-corrected chi connectivity index (χ2v) is 7.81. The molecule has 100 valence electrons. The molecule has 0 fully saturated rings. The highest BCUT2D eigenvalue weighted by molar-refractivity contribution is 6.91. The largest absolute Gasteiger partial charge is 0.404 e. The molecular weight excluding hydrogens is 252 g/mol. The van der Waals surface area contributed by atoms with Crippen molar-refractivity contribution in [3.05, 3.63) is 60.7 Å². The summed E-state index contributed by atoms with van der Waals surface area (Å²) in [6.45, 7) is 4.74. The van der Waals surface area contributed by atoms with Crippen molar-refractivity contribution in [1.29, 1.82) is 0 Å². The van der Waals surface area contributed by atoms with Crippen molar-refractivity contribution in [2.24, 2.45) is 5.92 Å². The number of hydrogen-bond donors (Lipinski definition) is 1. The Balaban J connectivity index is 2.39. The number of rotatable bonds is 5. The summed E-state index contributed by atoms with van der Waals surface area (Å²) in [6.07, 6.45) is 0. The maximum Gasteiger partial charge on any atom is 0.404 e. The van der Waals surface area contributed by atoms with Gasteiger partial charge in [-0.15, -0.1) is 0 Å². The van der Waals surface area contributed by atoms with Crippen molar-refractivity contribution in [2.45, 2.75) is 13.8 Å². The predicted octanol–water partition coefficient (Wildman–Crippen LogP) is 1.91. The van der Waals surface area contributed by atoms with Gasteiger partial charge in [-0.2, -0.15) is 0 Å². The van der Waals surface area contributed by atoms with Gasteiger partial charge in [-0.25, -0.2) is 0 Å². The first-order chi connectivity index (χ1) is 9.13. The van der Waals surface area contributed by atoms with Crippen LogP contribution >= 0.6 is 0 Å². The Kier molecular flexibility index (Phi) is 4.53. The quantitative estimate of drug-likeness (QED) is 0.843. The fraction of sp³-hybridized carbons (Fsp3) is 0.250. The summed E-state index contributed by atoms with van der Waals surface area (Å²) < 4.78 is 5.96. The molecule has 0 radical (unpaired) electrons. The Hall–Kier alpha value is -1.42. The second-order valence-electron chi connectivity index (χ2n) is 5.08. The second kappa shape index (κ2) is 6.15. The first-order valence-electron chi connectivity index (χ1n) is 6.60. The van der Waals surface area contributed by atoms with Gasteiger partial charge in [0.25, 0.3) is 0 Å². The molecule has 0 bridgehead atoms. The van der Waals surface area contributed by atoms with E-state index in [1.54, 1.807) is 0 Å². The highest BCUT2D eigenvalue weighted by Crippen LogP contribution is 2.06. The lowest BCUT2D eigenvalue weighted by Crippen LogP contribution is -2.61. The number of hydrogen-bond acceptors (Lipinski definition) is 2. The van der Waals surface area contributed by atoms with E-state index in [0.717, 1.165) is 10.4 Å². The van der Waals surface area contributed by atoms with Crippen LogP contribution in [0.4, 0.5) is 0 Å². The van der Waals surface area contributed by atoms with Crippen LogP contribution in [0.2, 0.25) is 0 Å². The molecule has 0 spiro atoms. The van der Waals surface area contributed by atoms with Crippen LogP contribution in [0.1, 0.15) is 13.8 Å². The lowest BCUT2D eigenvalue weighted by Gasteiger charge is -2.26. The molecule has 0 unspecified atom stereocenters. The maximum atomic E-state index is 11.1. The maximum absolute atomic E-state index is 11.1. The van der Waals surface area contributed by atoms with E-state index >= 15 is 0 Å². The molecular formula is C16H20O2Si. The average Bonchev–Trinajstić information content (AvgIpc) is 2.46. The zero-order valence-corrected chi connectivity index (χ0v) is 12.4. The van der Waals surface area contributed by atoms with Crippen molar-refractivity contribution in [3.63, 3.8) is 0 Å². The van der Waals surface area contributed by atoms with Crippen molar-refractivity contribution >= 4 is 18.9 Å². The Labute approximate surface area is 115 Å². The molecule has 0 aromatic heterocycles. The summed E-state index contributed by atoms with van der Waals surface area (Å²) in [5.74, 6) is 0.395. The topological polar surface area (TPSA) is 29.5 Å². The Bertz CT molecular complexity index is 457. The van der Waals surface area contributed by atoms with Gasteiger partial charge in [0.05, 0.1) is 0 Å². The van der Waals surface area contributed by atoms with Crippen LogP contribution in [0.3, 0.4) is 0 Å². The van der Waals surface area contributed by atoms with Gasteiger partial charge in [0.2, 0.25) is 0 Å². The minimum Gasteiger partial charge on any atom is -0.404 e. The summed E-state index contributed by atoms with van der Waals surface area (Å²) in [4.78, 5) is 11.1. The summed E-state index contributed by atoms with van der Waals surface area (Å²) in [7, 11) is -3.06. The summed E-state index contributed by atoms with van der Waals surface area (Å²) >= 11 is 0. The molecule has 0 amide bonds. The summed E-state index contributed by atoms with van der Waals surface area (Å²) in [6, 6.07) is 19.4. The fourth-order valence-corrected chi connectivity index (χ4v) is 4.48. The monoisotopic (exact) mass is 272 g/mol. The van der Waals surface area contributed by atoms with E-state index in [9.17, 15) is 4.80 Å². The SMILES string of the molecule is CC(C)CO[Si](O)(c1ccccc1)c1ccccc1. The van der Waals surface area contributed by atoms with E-state index in [0.29, 0.717) is 12.5 Å². The fourth-order valence-electron chi connectivity index (χ4n) is 1.95. The smallest absolute Gasteiger partial charge is 0.404 e. The van der Waals surface area contributed by atoms with Crippen LogP contribution < -0.4 is 10.4 Å². The Morgan fingerprint density at radius 1 is 0.895 bits per heavy atom. The van der Waals surface area contributed by atoms with Gasteiger partial charge in [0.1, 0.15) is 0 Å². The van der Waals surface area contributed by atoms with Crippen LogP contribution in [0.25, 0.3) is 0 Å². The minimum absolute atomic E-state index is 0.395. The Morgan fingerprint density at radius 2 is 1.32 bits per heavy atom. The molecule has 0 saturated carbocycles. The van der Waals surface area contributed by atoms with Crippen LogP contribution in [-0.4, -0.2) is 20.0 Å². The van der Waals surface area contributed by atoms with Crippen molar-refractivity contribution in [1.82, 2.24) is 0 Å². The van der Waals surface area contributed by atoms with E-state index < -0.39 is 8.56 Å². The van der Waals surface area contributed by atoms with Gasteiger partial charge in [0, 0.05) is 6.61 Å². The normalized spacial score (nSPS) is 11.8. The van der Waals surface area contributed by atoms with E-state index in [-0.39, 0.29) is 0 Å². The lowest BCUT2D eigenvalue weighted by molar-refractivity contribution is 0.221. The standard InChI is InChI=1S/C16H20O2Si/c1-14(2)13-18-19(17,15-9-5-3-6-10-15)16-11-7-4-8-12-16/h3-12,14,17H,13H2,1-2H3. The van der Waals surface area contributed by atoms with Crippen molar-refractivity contribution < 1.29 is 9.22 Å². The molecule has 3 heteroatoms. The van der Waals surface area contributed by atoms with Crippen LogP contribution in [0.15, 0.2) is 60.7 Å². The molecule has 0 aliphatic rings. The molecule has 0 aliphatic carbocycles. The first-order valence-corrected chi connectivity index (χ1v) is 8.46. The first kappa shape index (κ1) is 14.0. The van der Waals surface area contributed by atoms with Crippen LogP contribution in [0, 0.1) is 5.92 Å². The predicted molar refractivity (Wildman–Crippen MR) is 80.9 cm³/mol. The molecule has 2 nitrogen and oxygen atoms in total. The molecule has 2 aromatic rings. The van der Waals surface area contributed by atoms with E-state index in [4.69, 9.17) is 4.43 Å². The zero-order chi connectivity index (χ0) is 13.7. The molecule has 2 aromatic carbocycles. The zero-order valence-electron chi connectivity index (χ0n) is 11.4. The van der Waals surface area contributed by atoms with Crippen LogP contribution in [0.5, 0.6) is 0 Å². The third kappa shape index (κ3) is 3.32. The van der Waals surface area contributed by atoms with Gasteiger partial charge < -0.3 is 9.22 Å².